The average molecular weight is 375 g/mol. The fraction of sp³-hybridized carbons (Fsp3) is 0.960. The minimum Gasteiger partial charge on any atom is -0.393 e. The summed E-state index contributed by atoms with van der Waals surface area (Å²) in [6, 6.07) is 0. The van der Waals surface area contributed by atoms with Gasteiger partial charge >= 0.3 is 0 Å². The van der Waals surface area contributed by atoms with E-state index in [1.54, 1.807) is 0 Å². The molecule has 0 radical (unpaired) electrons. The number of rotatable bonds is 4. The van der Waals surface area contributed by atoms with Crippen LogP contribution < -0.4 is 0 Å². The predicted molar refractivity (Wildman–Crippen MR) is 110 cm³/mol. The molecule has 4 fully saturated rings. The zero-order chi connectivity index (χ0) is 19.4. The molecule has 0 heterocycles. The van der Waals surface area contributed by atoms with E-state index in [2.05, 4.69) is 20.8 Å². The first-order valence-corrected chi connectivity index (χ1v) is 12.0. The van der Waals surface area contributed by atoms with Gasteiger partial charge in [-0.1, -0.05) is 33.6 Å². The Morgan fingerprint density at radius 2 is 1.81 bits per heavy atom. The van der Waals surface area contributed by atoms with Crippen molar-refractivity contribution in [2.75, 3.05) is 0 Å². The van der Waals surface area contributed by atoms with Gasteiger partial charge in [-0.2, -0.15) is 0 Å². The van der Waals surface area contributed by atoms with Crippen molar-refractivity contribution in [2.45, 2.75) is 104 Å². The molecule has 1 N–H and O–H groups in total. The lowest BCUT2D eigenvalue weighted by molar-refractivity contribution is -0.181. The summed E-state index contributed by atoms with van der Waals surface area (Å²) in [4.78, 5) is 12.1. The van der Waals surface area contributed by atoms with E-state index < -0.39 is 0 Å². The van der Waals surface area contributed by atoms with Gasteiger partial charge < -0.3 is 9.90 Å². The minimum absolute atomic E-state index is 0.0356. The predicted octanol–water partition coefficient (Wildman–Crippen LogP) is 6.01. The van der Waals surface area contributed by atoms with Crippen LogP contribution in [0.25, 0.3) is 0 Å². The van der Waals surface area contributed by atoms with Gasteiger partial charge in [0.15, 0.2) is 0 Å². The molecule has 154 valence electrons. The minimum atomic E-state index is -0.187. The third-order valence-corrected chi connectivity index (χ3v) is 10.5. The molecule has 0 spiro atoms. The van der Waals surface area contributed by atoms with E-state index in [0.717, 1.165) is 30.6 Å². The molecule has 9 atom stereocenters. The van der Waals surface area contributed by atoms with E-state index in [9.17, 15) is 9.90 Å². The highest BCUT2D eigenvalue weighted by Gasteiger charge is 2.63. The van der Waals surface area contributed by atoms with Gasteiger partial charge in [0.2, 0.25) is 0 Å². The molecule has 0 aromatic carbocycles. The highest BCUT2D eigenvalue weighted by molar-refractivity contribution is 5.61. The number of aldehydes is 1. The van der Waals surface area contributed by atoms with Crippen LogP contribution in [0.5, 0.6) is 0 Å². The summed E-state index contributed by atoms with van der Waals surface area (Å²) in [5, 5.41) is 10.6. The molecule has 4 aliphatic rings. The maximum Gasteiger partial charge on any atom is 0.126 e. The van der Waals surface area contributed by atoms with Crippen molar-refractivity contribution in [3.63, 3.8) is 0 Å². The van der Waals surface area contributed by atoms with Crippen molar-refractivity contribution in [1.29, 1.82) is 0 Å². The average Bonchev–Trinajstić information content (AvgIpc) is 3.06. The highest BCUT2D eigenvalue weighted by atomic mass is 16.3. The molecule has 4 aliphatic carbocycles. The summed E-state index contributed by atoms with van der Waals surface area (Å²) in [7, 11) is 0. The number of carbonyl (C=O) groups excluding carboxylic acids is 1. The third kappa shape index (κ3) is 2.71. The summed E-state index contributed by atoms with van der Waals surface area (Å²) >= 11 is 0. The Morgan fingerprint density at radius 1 is 1.04 bits per heavy atom. The van der Waals surface area contributed by atoms with Crippen LogP contribution in [0.15, 0.2) is 0 Å². The number of fused-ring (bicyclic) bond motifs is 5. The van der Waals surface area contributed by atoms with Crippen LogP contribution >= 0.6 is 0 Å². The Morgan fingerprint density at radius 3 is 2.48 bits per heavy atom. The zero-order valence-corrected chi connectivity index (χ0v) is 18.2. The van der Waals surface area contributed by atoms with E-state index in [-0.39, 0.29) is 16.9 Å². The topological polar surface area (TPSA) is 37.3 Å². The largest absolute Gasteiger partial charge is 0.393 e. The van der Waals surface area contributed by atoms with Crippen LogP contribution in [0, 0.1) is 45.8 Å². The van der Waals surface area contributed by atoms with Crippen LogP contribution in [0.3, 0.4) is 0 Å². The summed E-state index contributed by atoms with van der Waals surface area (Å²) in [6.45, 7) is 9.48. The van der Waals surface area contributed by atoms with E-state index in [4.69, 9.17) is 0 Å². The molecule has 9 unspecified atom stereocenters. The molecule has 4 saturated carbocycles. The molecule has 4 rings (SSSR count). The number of hydrogen-bond acceptors (Lipinski definition) is 2. The van der Waals surface area contributed by atoms with Crippen molar-refractivity contribution in [1.82, 2.24) is 0 Å². The Balaban J connectivity index is 1.67. The van der Waals surface area contributed by atoms with Gasteiger partial charge in [0, 0.05) is 5.41 Å². The molecular formula is C25H42O2. The van der Waals surface area contributed by atoms with Crippen LogP contribution in [0.4, 0.5) is 0 Å². The summed E-state index contributed by atoms with van der Waals surface area (Å²) in [5.74, 6) is 3.44. The second-order valence-corrected chi connectivity index (χ2v) is 11.4. The molecule has 0 bridgehead atoms. The molecule has 0 amide bonds. The lowest BCUT2D eigenvalue weighted by atomic mass is 9.39. The van der Waals surface area contributed by atoms with Crippen molar-refractivity contribution >= 4 is 6.29 Å². The van der Waals surface area contributed by atoms with Crippen molar-refractivity contribution in [2.24, 2.45) is 45.8 Å². The van der Waals surface area contributed by atoms with E-state index >= 15 is 0 Å². The van der Waals surface area contributed by atoms with Gasteiger partial charge in [-0.15, -0.1) is 0 Å². The summed E-state index contributed by atoms with van der Waals surface area (Å²) in [6.07, 6.45) is 14.9. The van der Waals surface area contributed by atoms with Crippen LogP contribution in [0.2, 0.25) is 0 Å². The van der Waals surface area contributed by atoms with Gasteiger partial charge in [0.05, 0.1) is 6.10 Å². The first-order chi connectivity index (χ1) is 12.8. The molecule has 0 aromatic heterocycles. The van der Waals surface area contributed by atoms with Gasteiger partial charge in [-0.3, -0.25) is 0 Å². The summed E-state index contributed by atoms with van der Waals surface area (Å²) < 4.78 is 0. The Labute approximate surface area is 166 Å². The second-order valence-electron chi connectivity index (χ2n) is 11.4. The molecular weight excluding hydrogens is 332 g/mol. The van der Waals surface area contributed by atoms with Gasteiger partial charge in [0.25, 0.3) is 0 Å². The van der Waals surface area contributed by atoms with E-state index in [1.807, 2.05) is 6.92 Å². The van der Waals surface area contributed by atoms with Crippen LogP contribution in [0.1, 0.15) is 98.3 Å². The van der Waals surface area contributed by atoms with Crippen LogP contribution in [-0.2, 0) is 4.79 Å². The molecule has 0 aromatic rings. The Kier molecular flexibility index (Phi) is 5.06. The second kappa shape index (κ2) is 6.85. The highest BCUT2D eigenvalue weighted by Crippen LogP contribution is 2.70. The molecule has 2 heteroatoms. The third-order valence-electron chi connectivity index (χ3n) is 10.5. The fourth-order valence-electron chi connectivity index (χ4n) is 9.55. The number of aliphatic hydroxyl groups is 1. The van der Waals surface area contributed by atoms with Gasteiger partial charge in [-0.05, 0) is 105 Å². The fourth-order valence-corrected chi connectivity index (χ4v) is 9.55. The SMILES string of the molecule is CCCC1(C)C(C(C)O)CCC2(C)C3CCC4(C=O)CCCC4C3CCC12. The maximum absolute atomic E-state index is 12.1. The Hall–Kier alpha value is -0.370. The zero-order valence-electron chi connectivity index (χ0n) is 18.2. The van der Waals surface area contributed by atoms with E-state index in [0.29, 0.717) is 17.3 Å². The lowest BCUT2D eigenvalue weighted by Crippen LogP contribution is -2.59. The monoisotopic (exact) mass is 374 g/mol. The van der Waals surface area contributed by atoms with Crippen molar-refractivity contribution < 1.29 is 9.90 Å². The lowest BCUT2D eigenvalue weighted by Gasteiger charge is -2.66. The van der Waals surface area contributed by atoms with E-state index in [1.165, 1.54) is 64.1 Å². The first-order valence-electron chi connectivity index (χ1n) is 12.0. The molecule has 27 heavy (non-hydrogen) atoms. The van der Waals surface area contributed by atoms with Crippen molar-refractivity contribution in [3.05, 3.63) is 0 Å². The molecule has 0 saturated heterocycles. The van der Waals surface area contributed by atoms with Gasteiger partial charge in [-0.25, -0.2) is 0 Å². The quantitative estimate of drug-likeness (QED) is 0.612. The standard InChI is InChI=1S/C25H42O2/c1-5-12-23(3)19(17(2)27)10-14-24(4)20-11-15-25(16-26)13-6-7-21(25)18(20)8-9-22(23)24/h16-22,27H,5-15H2,1-4H3. The number of carbonyl (C=O) groups is 1. The molecule has 0 aliphatic heterocycles. The number of hydrogen-bond donors (Lipinski definition) is 1. The smallest absolute Gasteiger partial charge is 0.126 e. The molecule has 2 nitrogen and oxygen atoms in total. The first kappa shape index (κ1) is 19.9. The normalized spacial score (nSPS) is 53.1. The Bertz CT molecular complexity index is 571. The number of aliphatic hydroxyl groups excluding tert-OH is 1. The maximum atomic E-state index is 12.1. The van der Waals surface area contributed by atoms with Crippen molar-refractivity contribution in [3.8, 4) is 0 Å². The summed E-state index contributed by atoms with van der Waals surface area (Å²) in [5.41, 5.74) is 0.722. The van der Waals surface area contributed by atoms with Crippen LogP contribution in [-0.4, -0.2) is 17.5 Å². The van der Waals surface area contributed by atoms with Gasteiger partial charge in [0.1, 0.15) is 6.29 Å².